The molecule has 0 amide bonds. The average Bonchev–Trinajstić information content (AvgIpc) is 3.03. The maximum absolute atomic E-state index is 13.0. The molecule has 10 nitrogen and oxygen atoms in total. The van der Waals surface area contributed by atoms with Crippen molar-refractivity contribution in [1.29, 1.82) is 0 Å². The second-order valence-corrected chi connectivity index (χ2v) is 8.79. The third-order valence-electron chi connectivity index (χ3n) is 4.02. The Balaban J connectivity index is 2.05. The van der Waals surface area contributed by atoms with Gasteiger partial charge in [-0.1, -0.05) is 0 Å². The van der Waals surface area contributed by atoms with Crippen molar-refractivity contribution in [2.45, 2.75) is 21.1 Å². The highest BCUT2D eigenvalue weighted by Crippen LogP contribution is 2.37. The molecule has 2 aromatic rings. The highest BCUT2D eigenvalue weighted by molar-refractivity contribution is 8.00. The van der Waals surface area contributed by atoms with Gasteiger partial charge in [0.05, 0.1) is 18.1 Å². The van der Waals surface area contributed by atoms with Crippen molar-refractivity contribution in [3.63, 3.8) is 0 Å². The number of hydrogen-bond acceptors (Lipinski definition) is 8. The number of sulfonamides is 1. The van der Waals surface area contributed by atoms with Gasteiger partial charge < -0.3 is 9.30 Å². The number of nitrogens with zero attached hydrogens (tertiary/aromatic N) is 5. The summed E-state index contributed by atoms with van der Waals surface area (Å²) in [4.78, 5) is 9.96. The summed E-state index contributed by atoms with van der Waals surface area (Å²) in [6, 6.07) is 3.12. The number of nitro benzene ring substituents is 1. The predicted molar refractivity (Wildman–Crippen MR) is 92.8 cm³/mol. The van der Waals surface area contributed by atoms with Crippen LogP contribution in [0.2, 0.25) is 0 Å². The van der Waals surface area contributed by atoms with Crippen LogP contribution in [-0.2, 0) is 28.0 Å². The number of rotatable bonds is 5. The molecule has 1 fully saturated rings. The zero-order chi connectivity index (χ0) is 21.4. The van der Waals surface area contributed by atoms with E-state index < -0.39 is 37.5 Å². The van der Waals surface area contributed by atoms with Crippen LogP contribution >= 0.6 is 11.8 Å². The Bertz CT molecular complexity index is 1030. The molecular formula is C14H14F3N5O5S2. The molecule has 158 valence electrons. The van der Waals surface area contributed by atoms with Gasteiger partial charge in [0.15, 0.2) is 5.16 Å². The fraction of sp³-hybridized carbons (Fsp3) is 0.429. The number of hydrogen-bond donors (Lipinski definition) is 0. The first-order valence-corrected chi connectivity index (χ1v) is 10.3. The number of morpholine rings is 1. The Morgan fingerprint density at radius 1 is 1.24 bits per heavy atom. The lowest BCUT2D eigenvalue weighted by Gasteiger charge is -2.26. The molecule has 1 aromatic heterocycles. The number of ether oxygens (including phenoxy) is 1. The van der Waals surface area contributed by atoms with Crippen LogP contribution in [0.1, 0.15) is 5.82 Å². The topological polar surface area (TPSA) is 120 Å². The molecule has 1 aliphatic heterocycles. The number of halogens is 3. The first-order valence-electron chi connectivity index (χ1n) is 8.02. The summed E-state index contributed by atoms with van der Waals surface area (Å²) < 4.78 is 71.8. The first-order chi connectivity index (χ1) is 13.5. The minimum absolute atomic E-state index is 0.00804. The van der Waals surface area contributed by atoms with E-state index in [1.165, 1.54) is 0 Å². The van der Waals surface area contributed by atoms with Gasteiger partial charge in [-0.3, -0.25) is 10.1 Å². The van der Waals surface area contributed by atoms with E-state index in [0.29, 0.717) is 16.3 Å². The molecule has 0 spiro atoms. The van der Waals surface area contributed by atoms with Gasteiger partial charge in [0.1, 0.15) is 4.90 Å². The van der Waals surface area contributed by atoms with Crippen LogP contribution in [0, 0.1) is 10.1 Å². The molecule has 3 rings (SSSR count). The summed E-state index contributed by atoms with van der Waals surface area (Å²) in [6.07, 6.45) is -4.74. The maximum atomic E-state index is 13.0. The van der Waals surface area contributed by atoms with E-state index in [4.69, 9.17) is 4.74 Å². The standard InChI is InChI=1S/C14H14F3N5O5S2/c1-20-12(14(15,16)17)18-19-13(20)28-10-3-2-9(22(23)24)8-11(10)29(25,26)21-4-6-27-7-5-21/h2-3,8H,4-7H2,1H3. The second-order valence-electron chi connectivity index (χ2n) is 5.87. The van der Waals surface area contributed by atoms with Gasteiger partial charge in [-0.2, -0.15) is 17.5 Å². The summed E-state index contributed by atoms with van der Waals surface area (Å²) in [7, 11) is -3.06. The van der Waals surface area contributed by atoms with Crippen LogP contribution in [0.3, 0.4) is 0 Å². The summed E-state index contributed by atoms with van der Waals surface area (Å²) in [5.41, 5.74) is -0.463. The number of aromatic nitrogens is 3. The zero-order valence-corrected chi connectivity index (χ0v) is 16.4. The molecule has 0 unspecified atom stereocenters. The van der Waals surface area contributed by atoms with E-state index in [1.807, 2.05) is 0 Å². The molecule has 29 heavy (non-hydrogen) atoms. The van der Waals surface area contributed by atoms with E-state index in [0.717, 1.165) is 29.6 Å². The minimum atomic E-state index is -4.74. The summed E-state index contributed by atoms with van der Waals surface area (Å²) in [6.45, 7) is 0.429. The molecule has 0 bridgehead atoms. The fourth-order valence-corrected chi connectivity index (χ4v) is 5.31. The van der Waals surface area contributed by atoms with Crippen LogP contribution in [0.4, 0.5) is 18.9 Å². The van der Waals surface area contributed by atoms with Crippen LogP contribution < -0.4 is 0 Å². The zero-order valence-electron chi connectivity index (χ0n) is 14.8. The Kier molecular flexibility index (Phi) is 5.84. The van der Waals surface area contributed by atoms with E-state index in [2.05, 4.69) is 10.2 Å². The quantitative estimate of drug-likeness (QED) is 0.497. The van der Waals surface area contributed by atoms with E-state index in [-0.39, 0.29) is 36.4 Å². The third kappa shape index (κ3) is 4.36. The SMILES string of the molecule is Cn1c(Sc2ccc([N+](=O)[O-])cc2S(=O)(=O)N2CCOCC2)nnc1C(F)(F)F. The molecule has 0 radical (unpaired) electrons. The third-order valence-corrected chi connectivity index (χ3v) is 7.20. The van der Waals surface area contributed by atoms with Crippen molar-refractivity contribution in [3.05, 3.63) is 34.1 Å². The Hall–Kier alpha value is -2.23. The Labute approximate surface area is 166 Å². The van der Waals surface area contributed by atoms with Gasteiger partial charge in [0.2, 0.25) is 15.8 Å². The van der Waals surface area contributed by atoms with Crippen molar-refractivity contribution in [3.8, 4) is 0 Å². The van der Waals surface area contributed by atoms with Gasteiger partial charge in [-0.05, 0) is 17.8 Å². The van der Waals surface area contributed by atoms with Gasteiger partial charge in [0, 0.05) is 37.2 Å². The molecular weight excluding hydrogens is 439 g/mol. The average molecular weight is 453 g/mol. The smallest absolute Gasteiger partial charge is 0.379 e. The Morgan fingerprint density at radius 3 is 2.45 bits per heavy atom. The van der Waals surface area contributed by atoms with Crippen LogP contribution in [-0.4, -0.2) is 58.7 Å². The highest BCUT2D eigenvalue weighted by Gasteiger charge is 2.38. The molecule has 1 saturated heterocycles. The first kappa shape index (κ1) is 21.5. The number of non-ortho nitro benzene ring substituents is 1. The van der Waals surface area contributed by atoms with Crippen LogP contribution in [0.15, 0.2) is 33.1 Å². The highest BCUT2D eigenvalue weighted by atomic mass is 32.2. The molecule has 0 aliphatic carbocycles. The number of nitro groups is 1. The van der Waals surface area contributed by atoms with E-state index in [1.54, 1.807) is 0 Å². The van der Waals surface area contributed by atoms with Crippen LogP contribution in [0.5, 0.6) is 0 Å². The monoisotopic (exact) mass is 453 g/mol. The molecule has 2 heterocycles. The lowest BCUT2D eigenvalue weighted by atomic mass is 10.3. The molecule has 15 heteroatoms. The van der Waals surface area contributed by atoms with Gasteiger partial charge in [-0.15, -0.1) is 10.2 Å². The van der Waals surface area contributed by atoms with Crippen LogP contribution in [0.25, 0.3) is 0 Å². The second kappa shape index (κ2) is 7.89. The lowest BCUT2D eigenvalue weighted by Crippen LogP contribution is -2.40. The minimum Gasteiger partial charge on any atom is -0.379 e. The molecule has 0 N–H and O–H groups in total. The van der Waals surface area contributed by atoms with E-state index >= 15 is 0 Å². The molecule has 0 saturated carbocycles. The maximum Gasteiger partial charge on any atom is 0.451 e. The van der Waals surface area contributed by atoms with Crippen molar-refractivity contribution in [1.82, 2.24) is 19.1 Å². The number of alkyl halides is 3. The normalized spacial score (nSPS) is 16.1. The van der Waals surface area contributed by atoms with Crippen molar-refractivity contribution >= 4 is 27.5 Å². The lowest BCUT2D eigenvalue weighted by molar-refractivity contribution is -0.385. The van der Waals surface area contributed by atoms with Gasteiger partial charge in [0.25, 0.3) is 5.69 Å². The predicted octanol–water partition coefficient (Wildman–Crippen LogP) is 1.91. The van der Waals surface area contributed by atoms with Crippen molar-refractivity contribution < 1.29 is 31.2 Å². The molecule has 1 aliphatic rings. The Morgan fingerprint density at radius 2 is 1.90 bits per heavy atom. The van der Waals surface area contributed by atoms with Crippen molar-refractivity contribution in [2.75, 3.05) is 26.3 Å². The van der Waals surface area contributed by atoms with Gasteiger partial charge >= 0.3 is 6.18 Å². The van der Waals surface area contributed by atoms with E-state index in [9.17, 15) is 31.7 Å². The number of benzene rings is 1. The summed E-state index contributed by atoms with van der Waals surface area (Å²) in [5.74, 6) is -1.25. The molecule has 1 aromatic carbocycles. The van der Waals surface area contributed by atoms with Gasteiger partial charge in [-0.25, -0.2) is 8.42 Å². The summed E-state index contributed by atoms with van der Waals surface area (Å²) >= 11 is 0.619. The molecule has 0 atom stereocenters. The van der Waals surface area contributed by atoms with Crippen molar-refractivity contribution in [2.24, 2.45) is 7.05 Å². The largest absolute Gasteiger partial charge is 0.451 e. The summed E-state index contributed by atoms with van der Waals surface area (Å²) in [5, 5.41) is 17.5. The fourth-order valence-electron chi connectivity index (χ4n) is 2.57.